The first kappa shape index (κ1) is 16.5. The number of nitrogens with zero attached hydrogens (tertiary/aromatic N) is 1. The molecule has 1 aromatic rings. The third-order valence-electron chi connectivity index (χ3n) is 2.80. The van der Waals surface area contributed by atoms with Gasteiger partial charge in [-0.25, -0.2) is 0 Å². The number of nitrogens with two attached hydrogens (primary N) is 1. The second-order valence-electron chi connectivity index (χ2n) is 4.93. The lowest BCUT2D eigenvalue weighted by Crippen LogP contribution is -2.25. The van der Waals surface area contributed by atoms with Gasteiger partial charge in [0, 0.05) is 18.7 Å². The van der Waals surface area contributed by atoms with E-state index in [0.717, 1.165) is 25.1 Å². The highest BCUT2D eigenvalue weighted by Crippen LogP contribution is 2.12. The average molecular weight is 279 g/mol. The van der Waals surface area contributed by atoms with Gasteiger partial charge in [0.05, 0.1) is 6.61 Å². The molecule has 0 aliphatic heterocycles. The molecule has 0 aromatic heterocycles. The number of amides is 1. The molecule has 0 fully saturated rings. The molecule has 1 aromatic carbocycles. The smallest absolute Gasteiger partial charge is 0.251 e. The summed E-state index contributed by atoms with van der Waals surface area (Å²) in [5, 5.41) is 2.82. The van der Waals surface area contributed by atoms with Crippen LogP contribution in [-0.2, 0) is 0 Å². The van der Waals surface area contributed by atoms with Gasteiger partial charge in [-0.2, -0.15) is 0 Å². The predicted molar refractivity (Wildman–Crippen MR) is 81.1 cm³/mol. The van der Waals surface area contributed by atoms with Crippen molar-refractivity contribution in [2.75, 3.05) is 40.3 Å². The first-order valence-corrected chi connectivity index (χ1v) is 6.99. The summed E-state index contributed by atoms with van der Waals surface area (Å²) in [5.41, 5.74) is 6.02. The molecule has 0 spiro atoms. The van der Waals surface area contributed by atoms with Crippen molar-refractivity contribution < 1.29 is 9.53 Å². The Morgan fingerprint density at radius 2 is 1.95 bits per heavy atom. The Morgan fingerprint density at radius 1 is 1.25 bits per heavy atom. The van der Waals surface area contributed by atoms with E-state index in [1.54, 1.807) is 12.1 Å². The van der Waals surface area contributed by atoms with Crippen LogP contribution >= 0.6 is 0 Å². The van der Waals surface area contributed by atoms with Gasteiger partial charge >= 0.3 is 0 Å². The highest BCUT2D eigenvalue weighted by atomic mass is 16.5. The lowest BCUT2D eigenvalue weighted by atomic mass is 10.2. The Balaban J connectivity index is 2.34. The Morgan fingerprint density at radius 3 is 2.55 bits per heavy atom. The van der Waals surface area contributed by atoms with Crippen LogP contribution in [0.4, 0.5) is 0 Å². The molecular weight excluding hydrogens is 254 g/mol. The molecule has 0 radical (unpaired) electrons. The van der Waals surface area contributed by atoms with Crippen LogP contribution in [0.1, 0.15) is 23.2 Å². The van der Waals surface area contributed by atoms with Crippen LogP contribution in [-0.4, -0.2) is 51.1 Å². The molecule has 112 valence electrons. The molecule has 0 heterocycles. The molecule has 0 saturated carbocycles. The van der Waals surface area contributed by atoms with Crippen LogP contribution in [0.5, 0.6) is 5.75 Å². The summed E-state index contributed by atoms with van der Waals surface area (Å²) in [6.07, 6.45) is 1.77. The van der Waals surface area contributed by atoms with Crippen LogP contribution < -0.4 is 15.8 Å². The molecule has 0 aliphatic rings. The fourth-order valence-corrected chi connectivity index (χ4v) is 1.68. The quantitative estimate of drug-likeness (QED) is 0.664. The molecule has 0 atom stereocenters. The minimum atomic E-state index is -0.0717. The van der Waals surface area contributed by atoms with E-state index >= 15 is 0 Å². The fraction of sp³-hybridized carbons (Fsp3) is 0.533. The van der Waals surface area contributed by atoms with Crippen molar-refractivity contribution in [3.05, 3.63) is 29.8 Å². The lowest BCUT2D eigenvalue weighted by Gasteiger charge is -2.10. The highest BCUT2D eigenvalue weighted by molar-refractivity contribution is 5.94. The predicted octanol–water partition coefficient (Wildman–Crippen LogP) is 1.10. The molecule has 5 nitrogen and oxygen atoms in total. The van der Waals surface area contributed by atoms with Crippen molar-refractivity contribution in [3.63, 3.8) is 0 Å². The van der Waals surface area contributed by atoms with Crippen LogP contribution in [0, 0.1) is 0 Å². The zero-order chi connectivity index (χ0) is 14.8. The standard InChI is InChI=1S/C15H25N3O2/c1-18(2)11-4-12-20-14-7-5-13(6-8-14)15(19)17-10-3-9-16/h5-8H,3-4,9-12,16H2,1-2H3,(H,17,19). The molecule has 0 bridgehead atoms. The molecular formula is C15H25N3O2. The molecule has 0 aliphatic carbocycles. The topological polar surface area (TPSA) is 67.6 Å². The molecule has 20 heavy (non-hydrogen) atoms. The van der Waals surface area contributed by atoms with Gasteiger partial charge < -0.3 is 20.7 Å². The van der Waals surface area contributed by atoms with E-state index in [-0.39, 0.29) is 5.91 Å². The van der Waals surface area contributed by atoms with Gasteiger partial charge in [0.2, 0.25) is 0 Å². The van der Waals surface area contributed by atoms with Crippen LogP contribution in [0.3, 0.4) is 0 Å². The number of hydrogen-bond donors (Lipinski definition) is 2. The largest absolute Gasteiger partial charge is 0.494 e. The van der Waals surface area contributed by atoms with Crippen LogP contribution in [0.2, 0.25) is 0 Å². The molecule has 0 unspecified atom stereocenters. The highest BCUT2D eigenvalue weighted by Gasteiger charge is 2.04. The first-order valence-electron chi connectivity index (χ1n) is 6.99. The zero-order valence-corrected chi connectivity index (χ0v) is 12.4. The average Bonchev–Trinajstić information content (AvgIpc) is 2.44. The minimum Gasteiger partial charge on any atom is -0.494 e. The third kappa shape index (κ3) is 6.54. The summed E-state index contributed by atoms with van der Waals surface area (Å²) in [5.74, 6) is 0.722. The molecule has 3 N–H and O–H groups in total. The second kappa shape index (κ2) is 9.34. The van der Waals surface area contributed by atoms with Crippen molar-refractivity contribution in [1.29, 1.82) is 0 Å². The second-order valence-corrected chi connectivity index (χ2v) is 4.93. The summed E-state index contributed by atoms with van der Waals surface area (Å²) < 4.78 is 5.61. The maximum Gasteiger partial charge on any atom is 0.251 e. The normalized spacial score (nSPS) is 10.6. The summed E-state index contributed by atoms with van der Waals surface area (Å²) >= 11 is 0. The van der Waals surface area contributed by atoms with Gasteiger partial charge in [0.15, 0.2) is 0 Å². The van der Waals surface area contributed by atoms with Gasteiger partial charge in [-0.15, -0.1) is 0 Å². The van der Waals surface area contributed by atoms with Crippen LogP contribution in [0.25, 0.3) is 0 Å². The molecule has 0 saturated heterocycles. The summed E-state index contributed by atoms with van der Waals surface area (Å²) in [7, 11) is 4.08. The summed E-state index contributed by atoms with van der Waals surface area (Å²) in [6.45, 7) is 2.87. The van der Waals surface area contributed by atoms with Gasteiger partial charge in [0.25, 0.3) is 5.91 Å². The van der Waals surface area contributed by atoms with Crippen molar-refractivity contribution in [2.45, 2.75) is 12.8 Å². The van der Waals surface area contributed by atoms with E-state index in [2.05, 4.69) is 10.2 Å². The Hall–Kier alpha value is -1.59. The van der Waals surface area contributed by atoms with Crippen molar-refractivity contribution in [2.24, 2.45) is 5.73 Å². The number of carbonyl (C=O) groups excluding carboxylic acids is 1. The van der Waals surface area contributed by atoms with Gasteiger partial charge in [-0.05, 0) is 57.7 Å². The number of rotatable bonds is 9. The number of ether oxygens (including phenoxy) is 1. The van der Waals surface area contributed by atoms with Crippen LogP contribution in [0.15, 0.2) is 24.3 Å². The lowest BCUT2D eigenvalue weighted by molar-refractivity contribution is 0.0953. The van der Waals surface area contributed by atoms with E-state index < -0.39 is 0 Å². The SMILES string of the molecule is CN(C)CCCOc1ccc(C(=O)NCCCN)cc1. The van der Waals surface area contributed by atoms with E-state index in [1.807, 2.05) is 26.2 Å². The van der Waals surface area contributed by atoms with Gasteiger partial charge in [-0.1, -0.05) is 0 Å². The van der Waals surface area contributed by atoms with E-state index in [0.29, 0.717) is 25.3 Å². The maximum atomic E-state index is 11.8. The minimum absolute atomic E-state index is 0.0717. The molecule has 5 heteroatoms. The van der Waals surface area contributed by atoms with Gasteiger partial charge in [0.1, 0.15) is 5.75 Å². The maximum absolute atomic E-state index is 11.8. The number of benzene rings is 1. The van der Waals surface area contributed by atoms with Crippen molar-refractivity contribution >= 4 is 5.91 Å². The number of carbonyl (C=O) groups is 1. The van der Waals surface area contributed by atoms with Crippen molar-refractivity contribution in [3.8, 4) is 5.75 Å². The third-order valence-corrected chi connectivity index (χ3v) is 2.80. The summed E-state index contributed by atoms with van der Waals surface area (Å²) in [4.78, 5) is 13.9. The Bertz CT molecular complexity index is 391. The monoisotopic (exact) mass is 279 g/mol. The van der Waals surface area contributed by atoms with E-state index in [9.17, 15) is 4.79 Å². The summed E-state index contributed by atoms with van der Waals surface area (Å²) in [6, 6.07) is 7.21. The molecule has 1 rings (SSSR count). The number of nitrogens with one attached hydrogen (secondary N) is 1. The van der Waals surface area contributed by atoms with E-state index in [1.165, 1.54) is 0 Å². The first-order chi connectivity index (χ1) is 9.63. The Labute approximate surface area is 121 Å². The zero-order valence-electron chi connectivity index (χ0n) is 12.4. The molecule has 1 amide bonds. The van der Waals surface area contributed by atoms with Gasteiger partial charge in [-0.3, -0.25) is 4.79 Å². The number of hydrogen-bond acceptors (Lipinski definition) is 4. The fourth-order valence-electron chi connectivity index (χ4n) is 1.68. The van der Waals surface area contributed by atoms with Crippen molar-refractivity contribution in [1.82, 2.24) is 10.2 Å². The Kier molecular flexibility index (Phi) is 7.69. The van der Waals surface area contributed by atoms with E-state index in [4.69, 9.17) is 10.5 Å².